The van der Waals surface area contributed by atoms with Gasteiger partial charge in [-0.1, -0.05) is 6.07 Å². The Balaban J connectivity index is 2.72. The average molecular weight is 167 g/mol. The number of aryl methyl sites for hydroxylation is 1. The van der Waals surface area contributed by atoms with Crippen LogP contribution in [0.3, 0.4) is 0 Å². The number of hydrogen-bond donors (Lipinski definition) is 2. The van der Waals surface area contributed by atoms with Crippen LogP contribution >= 0.6 is 0 Å². The number of phenolic OH excluding ortho intramolecular Hbond substituents is 1. The number of phenols is 1. The molecule has 1 rings (SSSR count). The number of ether oxygens (including phenoxy) is 1. The number of rotatable bonds is 3. The number of hydrogen-bond acceptors (Lipinski definition) is 3. The Labute approximate surface area is 71.8 Å². The minimum atomic E-state index is 0.170. The Morgan fingerprint density at radius 2 is 2.25 bits per heavy atom. The minimum Gasteiger partial charge on any atom is -0.504 e. The Morgan fingerprint density at radius 1 is 1.50 bits per heavy atom. The molecule has 0 bridgehead atoms. The predicted octanol–water partition coefficient (Wildman–Crippen LogP) is 1.04. The van der Waals surface area contributed by atoms with Crippen LogP contribution in [0.4, 0.5) is 0 Å². The van der Waals surface area contributed by atoms with Crippen molar-refractivity contribution in [3.05, 3.63) is 23.8 Å². The molecule has 0 atom stereocenters. The van der Waals surface area contributed by atoms with E-state index in [4.69, 9.17) is 10.5 Å². The van der Waals surface area contributed by atoms with E-state index in [1.54, 1.807) is 12.1 Å². The van der Waals surface area contributed by atoms with Gasteiger partial charge in [0.05, 0.1) is 0 Å². The molecule has 1 aromatic carbocycles. The highest BCUT2D eigenvalue weighted by molar-refractivity contribution is 5.41. The molecule has 0 amide bonds. The van der Waals surface area contributed by atoms with Crippen molar-refractivity contribution in [2.24, 2.45) is 5.73 Å². The molecule has 3 nitrogen and oxygen atoms in total. The van der Waals surface area contributed by atoms with Gasteiger partial charge in [-0.3, -0.25) is 0 Å². The normalized spacial score (nSPS) is 9.83. The molecule has 0 aromatic heterocycles. The first-order valence-corrected chi connectivity index (χ1v) is 3.86. The quantitative estimate of drug-likeness (QED) is 0.707. The summed E-state index contributed by atoms with van der Waals surface area (Å²) in [5.41, 5.74) is 6.26. The third-order valence-electron chi connectivity index (χ3n) is 1.49. The van der Waals surface area contributed by atoms with Crippen LogP contribution in [0.2, 0.25) is 0 Å². The SMILES string of the molecule is Cc1ccc(OCCN)c(O)c1. The molecule has 0 unspecified atom stereocenters. The van der Waals surface area contributed by atoms with E-state index >= 15 is 0 Å². The Hall–Kier alpha value is -1.22. The van der Waals surface area contributed by atoms with Gasteiger partial charge in [0.1, 0.15) is 6.61 Å². The number of nitrogens with two attached hydrogens (primary N) is 1. The molecular weight excluding hydrogens is 154 g/mol. The van der Waals surface area contributed by atoms with Crippen LogP contribution in [0.5, 0.6) is 11.5 Å². The molecule has 3 heteroatoms. The van der Waals surface area contributed by atoms with Gasteiger partial charge in [0.2, 0.25) is 0 Å². The Kier molecular flexibility index (Phi) is 2.94. The zero-order chi connectivity index (χ0) is 8.97. The summed E-state index contributed by atoms with van der Waals surface area (Å²) < 4.78 is 5.17. The number of aromatic hydroxyl groups is 1. The van der Waals surface area contributed by atoms with Gasteiger partial charge in [0.15, 0.2) is 11.5 Å². The molecule has 3 N–H and O–H groups in total. The van der Waals surface area contributed by atoms with Gasteiger partial charge in [-0.15, -0.1) is 0 Å². The van der Waals surface area contributed by atoms with Crippen molar-refractivity contribution in [1.29, 1.82) is 0 Å². The fourth-order valence-electron chi connectivity index (χ4n) is 0.918. The van der Waals surface area contributed by atoms with Crippen molar-refractivity contribution < 1.29 is 9.84 Å². The van der Waals surface area contributed by atoms with Crippen molar-refractivity contribution in [1.82, 2.24) is 0 Å². The maximum Gasteiger partial charge on any atom is 0.160 e. The second-order valence-electron chi connectivity index (χ2n) is 2.61. The van der Waals surface area contributed by atoms with Gasteiger partial charge < -0.3 is 15.6 Å². The van der Waals surface area contributed by atoms with Gasteiger partial charge in [-0.2, -0.15) is 0 Å². The zero-order valence-electron chi connectivity index (χ0n) is 7.08. The Morgan fingerprint density at radius 3 is 2.83 bits per heavy atom. The van der Waals surface area contributed by atoms with E-state index in [1.807, 2.05) is 13.0 Å². The van der Waals surface area contributed by atoms with Crippen LogP contribution in [0.15, 0.2) is 18.2 Å². The van der Waals surface area contributed by atoms with Crippen LogP contribution in [-0.4, -0.2) is 18.3 Å². The van der Waals surface area contributed by atoms with Crippen molar-refractivity contribution in [3.8, 4) is 11.5 Å². The van der Waals surface area contributed by atoms with E-state index < -0.39 is 0 Å². The van der Waals surface area contributed by atoms with Gasteiger partial charge in [0, 0.05) is 6.54 Å². The number of benzene rings is 1. The molecule has 12 heavy (non-hydrogen) atoms. The smallest absolute Gasteiger partial charge is 0.160 e. The van der Waals surface area contributed by atoms with Crippen LogP contribution in [0.1, 0.15) is 5.56 Å². The van der Waals surface area contributed by atoms with E-state index in [1.165, 1.54) is 0 Å². The molecule has 0 aliphatic rings. The third kappa shape index (κ3) is 2.13. The molecule has 1 aromatic rings. The summed E-state index contributed by atoms with van der Waals surface area (Å²) >= 11 is 0. The maximum absolute atomic E-state index is 9.35. The molecule has 0 saturated carbocycles. The van der Waals surface area contributed by atoms with Crippen molar-refractivity contribution in [2.75, 3.05) is 13.2 Å². The summed E-state index contributed by atoms with van der Waals surface area (Å²) in [5.74, 6) is 0.662. The molecule has 0 aliphatic carbocycles. The fraction of sp³-hybridized carbons (Fsp3) is 0.333. The lowest BCUT2D eigenvalue weighted by Gasteiger charge is -2.06. The fourth-order valence-corrected chi connectivity index (χ4v) is 0.918. The average Bonchev–Trinajstić information content (AvgIpc) is 2.03. The highest BCUT2D eigenvalue weighted by Gasteiger charge is 2.00. The molecule has 0 saturated heterocycles. The summed E-state index contributed by atoms with van der Waals surface area (Å²) in [6.07, 6.45) is 0. The Bertz CT molecular complexity index is 261. The third-order valence-corrected chi connectivity index (χ3v) is 1.49. The second kappa shape index (κ2) is 3.97. The van der Waals surface area contributed by atoms with Crippen LogP contribution in [-0.2, 0) is 0 Å². The van der Waals surface area contributed by atoms with Crippen LogP contribution in [0.25, 0.3) is 0 Å². The van der Waals surface area contributed by atoms with Gasteiger partial charge in [-0.25, -0.2) is 0 Å². The largest absolute Gasteiger partial charge is 0.504 e. The highest BCUT2D eigenvalue weighted by Crippen LogP contribution is 2.25. The van der Waals surface area contributed by atoms with E-state index in [0.29, 0.717) is 18.9 Å². The first kappa shape index (κ1) is 8.87. The lowest BCUT2D eigenvalue weighted by Crippen LogP contribution is -2.10. The van der Waals surface area contributed by atoms with Crippen molar-refractivity contribution in [3.63, 3.8) is 0 Å². The van der Waals surface area contributed by atoms with E-state index in [2.05, 4.69) is 0 Å². The van der Waals surface area contributed by atoms with Crippen molar-refractivity contribution >= 4 is 0 Å². The lowest BCUT2D eigenvalue weighted by molar-refractivity contribution is 0.308. The lowest BCUT2D eigenvalue weighted by atomic mass is 10.2. The molecule has 0 fully saturated rings. The highest BCUT2D eigenvalue weighted by atomic mass is 16.5. The van der Waals surface area contributed by atoms with Crippen LogP contribution in [0, 0.1) is 6.92 Å². The molecule has 66 valence electrons. The standard InChI is InChI=1S/C9H13NO2/c1-7-2-3-9(8(11)6-7)12-5-4-10/h2-3,6,11H,4-5,10H2,1H3. The first-order valence-electron chi connectivity index (χ1n) is 3.86. The van der Waals surface area contributed by atoms with E-state index in [0.717, 1.165) is 5.56 Å². The summed E-state index contributed by atoms with van der Waals surface area (Å²) in [4.78, 5) is 0. The molecular formula is C9H13NO2. The summed E-state index contributed by atoms with van der Waals surface area (Å²) in [6, 6.07) is 5.28. The molecule has 0 heterocycles. The van der Waals surface area contributed by atoms with Gasteiger partial charge >= 0.3 is 0 Å². The maximum atomic E-state index is 9.35. The van der Waals surface area contributed by atoms with Gasteiger partial charge in [-0.05, 0) is 24.6 Å². The molecule has 0 spiro atoms. The molecule has 0 radical (unpaired) electrons. The minimum absolute atomic E-state index is 0.170. The first-order chi connectivity index (χ1) is 5.74. The van der Waals surface area contributed by atoms with Crippen molar-refractivity contribution in [2.45, 2.75) is 6.92 Å². The summed E-state index contributed by atoms with van der Waals surface area (Å²) in [6.45, 7) is 2.79. The van der Waals surface area contributed by atoms with E-state index in [-0.39, 0.29) is 5.75 Å². The second-order valence-corrected chi connectivity index (χ2v) is 2.61. The zero-order valence-corrected chi connectivity index (χ0v) is 7.08. The summed E-state index contributed by atoms with van der Waals surface area (Å²) in [5, 5.41) is 9.35. The summed E-state index contributed by atoms with van der Waals surface area (Å²) in [7, 11) is 0. The predicted molar refractivity (Wildman–Crippen MR) is 47.4 cm³/mol. The van der Waals surface area contributed by atoms with E-state index in [9.17, 15) is 5.11 Å². The molecule has 0 aliphatic heterocycles. The van der Waals surface area contributed by atoms with Gasteiger partial charge in [0.25, 0.3) is 0 Å². The monoisotopic (exact) mass is 167 g/mol. The topological polar surface area (TPSA) is 55.5 Å². The van der Waals surface area contributed by atoms with Crippen LogP contribution < -0.4 is 10.5 Å².